The smallest absolute Gasteiger partial charge is 0.277 e. The van der Waals surface area contributed by atoms with Crippen LogP contribution in [-0.2, 0) is 0 Å². The van der Waals surface area contributed by atoms with E-state index < -0.39 is 5.91 Å². The van der Waals surface area contributed by atoms with E-state index in [0.717, 1.165) is 22.0 Å². The molecule has 0 saturated heterocycles. The Morgan fingerprint density at radius 1 is 1.05 bits per heavy atom. The summed E-state index contributed by atoms with van der Waals surface area (Å²) in [4.78, 5) is 37.4. The molecule has 0 saturated carbocycles. The molecule has 2 amide bonds. The lowest BCUT2D eigenvalue weighted by Gasteiger charge is -2.16. The zero-order valence-electron chi connectivity index (χ0n) is 19.7. The number of nitrogens with two attached hydrogens (primary N) is 1. The number of unbranched alkanes of at least 4 members (excludes halogenated alkanes) is 1. The minimum atomic E-state index is -0.445. The maximum Gasteiger partial charge on any atom is 0.277 e. The molecule has 0 spiro atoms. The molecule has 0 bridgehead atoms. The van der Waals surface area contributed by atoms with Gasteiger partial charge in [0.25, 0.3) is 11.8 Å². The van der Waals surface area contributed by atoms with Crippen molar-refractivity contribution in [2.75, 3.05) is 12.3 Å². The van der Waals surface area contributed by atoms with Crippen LogP contribution in [0.2, 0.25) is 0 Å². The summed E-state index contributed by atoms with van der Waals surface area (Å²) in [6.07, 6.45) is 5.31. The Bertz CT molecular complexity index is 1510. The molecule has 0 fully saturated rings. The molecule has 3 aromatic heterocycles. The van der Waals surface area contributed by atoms with Gasteiger partial charge in [-0.25, -0.2) is 9.61 Å². The molecular weight excluding hydrogens is 492 g/mol. The third kappa shape index (κ3) is 5.64. The SMILES string of the molecule is Nc1nonc1C(=O)NCCCC[C@H](NC(=O)c1cncs1)c1ncc(-c2ccc3ccccc3c2)[nH]1. The lowest BCUT2D eigenvalue weighted by Crippen LogP contribution is -2.29. The van der Waals surface area contributed by atoms with E-state index in [2.05, 4.69) is 64.8 Å². The van der Waals surface area contributed by atoms with Gasteiger partial charge < -0.3 is 21.4 Å². The average molecular weight is 517 g/mol. The Morgan fingerprint density at radius 3 is 2.70 bits per heavy atom. The Labute approximate surface area is 215 Å². The molecule has 3 heterocycles. The maximum atomic E-state index is 12.8. The third-order valence-corrected chi connectivity index (χ3v) is 6.65. The fourth-order valence-corrected chi connectivity index (χ4v) is 4.49. The minimum absolute atomic E-state index is 0.0356. The predicted molar refractivity (Wildman–Crippen MR) is 139 cm³/mol. The van der Waals surface area contributed by atoms with Crippen molar-refractivity contribution in [3.63, 3.8) is 0 Å². The van der Waals surface area contributed by atoms with Crippen LogP contribution in [0.15, 0.2) is 65.0 Å². The van der Waals surface area contributed by atoms with Gasteiger partial charge >= 0.3 is 0 Å². The van der Waals surface area contributed by atoms with Gasteiger partial charge in [-0.2, -0.15) is 0 Å². The fraction of sp³-hybridized carbons (Fsp3) is 0.200. The predicted octanol–water partition coefficient (Wildman–Crippen LogP) is 3.72. The summed E-state index contributed by atoms with van der Waals surface area (Å²) in [6.45, 7) is 0.404. The summed E-state index contributed by atoms with van der Waals surface area (Å²) in [5.41, 5.74) is 9.01. The number of H-pyrrole nitrogens is 1. The number of nitrogens with one attached hydrogen (secondary N) is 3. The summed E-state index contributed by atoms with van der Waals surface area (Å²) in [7, 11) is 0. The number of hydrogen-bond acceptors (Lipinski definition) is 9. The first-order valence-corrected chi connectivity index (χ1v) is 12.6. The number of nitrogen functional groups attached to an aromatic ring is 1. The Hall–Kier alpha value is -4.58. The molecule has 188 valence electrons. The summed E-state index contributed by atoms with van der Waals surface area (Å²) in [5.74, 6) is -0.0480. The van der Waals surface area contributed by atoms with Gasteiger partial charge in [0.2, 0.25) is 11.5 Å². The number of amides is 2. The van der Waals surface area contributed by atoms with E-state index in [1.807, 2.05) is 18.2 Å². The van der Waals surface area contributed by atoms with Crippen molar-refractivity contribution in [1.29, 1.82) is 0 Å². The molecule has 0 aliphatic rings. The van der Waals surface area contributed by atoms with Crippen LogP contribution >= 0.6 is 11.3 Å². The van der Waals surface area contributed by atoms with E-state index in [0.29, 0.717) is 36.5 Å². The number of anilines is 1. The lowest BCUT2D eigenvalue weighted by molar-refractivity contribution is 0.0934. The molecule has 5 N–H and O–H groups in total. The highest BCUT2D eigenvalue weighted by Gasteiger charge is 2.20. The highest BCUT2D eigenvalue weighted by molar-refractivity contribution is 7.11. The lowest BCUT2D eigenvalue weighted by atomic mass is 10.1. The second-order valence-corrected chi connectivity index (χ2v) is 9.27. The van der Waals surface area contributed by atoms with Crippen molar-refractivity contribution >= 4 is 39.7 Å². The third-order valence-electron chi connectivity index (χ3n) is 5.88. The van der Waals surface area contributed by atoms with Crippen molar-refractivity contribution in [3.8, 4) is 11.3 Å². The molecule has 0 aliphatic heterocycles. The first-order chi connectivity index (χ1) is 18.1. The van der Waals surface area contributed by atoms with Gasteiger partial charge in [-0.3, -0.25) is 14.6 Å². The maximum absolute atomic E-state index is 12.8. The monoisotopic (exact) mass is 516 g/mol. The molecule has 0 radical (unpaired) electrons. The number of nitrogens with zero attached hydrogens (tertiary/aromatic N) is 4. The van der Waals surface area contributed by atoms with Crippen molar-refractivity contribution < 1.29 is 14.2 Å². The first kappa shape index (κ1) is 24.1. The average Bonchev–Trinajstić information content (AvgIpc) is 3.69. The molecule has 5 rings (SSSR count). The number of fused-ring (bicyclic) bond motifs is 1. The van der Waals surface area contributed by atoms with Crippen LogP contribution in [0.1, 0.15) is 51.3 Å². The van der Waals surface area contributed by atoms with Crippen LogP contribution in [0.4, 0.5) is 5.82 Å². The summed E-state index contributed by atoms with van der Waals surface area (Å²) >= 11 is 1.28. The van der Waals surface area contributed by atoms with E-state index in [4.69, 9.17) is 5.73 Å². The van der Waals surface area contributed by atoms with Crippen molar-refractivity contribution in [2.24, 2.45) is 0 Å². The fourth-order valence-electron chi connectivity index (χ4n) is 3.96. The topological polar surface area (TPSA) is 165 Å². The van der Waals surface area contributed by atoms with E-state index in [1.165, 1.54) is 11.3 Å². The van der Waals surface area contributed by atoms with Crippen LogP contribution in [-0.4, -0.2) is 43.6 Å². The molecule has 0 unspecified atom stereocenters. The molecule has 12 heteroatoms. The van der Waals surface area contributed by atoms with Gasteiger partial charge in [0, 0.05) is 12.1 Å². The van der Waals surface area contributed by atoms with Gasteiger partial charge in [0.1, 0.15) is 10.7 Å². The zero-order valence-corrected chi connectivity index (χ0v) is 20.5. The quantitative estimate of drug-likeness (QED) is 0.204. The van der Waals surface area contributed by atoms with Crippen LogP contribution in [0.25, 0.3) is 22.0 Å². The summed E-state index contributed by atoms with van der Waals surface area (Å²) in [6, 6.07) is 14.0. The molecule has 1 atom stereocenters. The van der Waals surface area contributed by atoms with E-state index >= 15 is 0 Å². The largest absolute Gasteiger partial charge is 0.379 e. The van der Waals surface area contributed by atoms with E-state index in [-0.39, 0.29) is 23.5 Å². The molecule has 2 aromatic carbocycles. The highest BCUT2D eigenvalue weighted by atomic mass is 32.1. The highest BCUT2D eigenvalue weighted by Crippen LogP contribution is 2.26. The van der Waals surface area contributed by atoms with Crippen molar-refractivity contribution in [1.82, 2.24) is 35.9 Å². The Kier molecular flexibility index (Phi) is 7.17. The van der Waals surface area contributed by atoms with Crippen LogP contribution in [0.3, 0.4) is 0 Å². The van der Waals surface area contributed by atoms with Crippen LogP contribution < -0.4 is 16.4 Å². The molecular formula is C25H24N8O3S. The van der Waals surface area contributed by atoms with Crippen molar-refractivity contribution in [3.05, 3.63) is 76.8 Å². The minimum Gasteiger partial charge on any atom is -0.379 e. The van der Waals surface area contributed by atoms with Gasteiger partial charge in [-0.05, 0) is 46.4 Å². The summed E-state index contributed by atoms with van der Waals surface area (Å²) < 4.78 is 4.46. The van der Waals surface area contributed by atoms with E-state index in [1.54, 1.807) is 17.9 Å². The number of rotatable bonds is 10. The van der Waals surface area contributed by atoms with Crippen LogP contribution in [0.5, 0.6) is 0 Å². The molecule has 0 aliphatic carbocycles. The number of aromatic nitrogens is 5. The van der Waals surface area contributed by atoms with Crippen LogP contribution in [0, 0.1) is 0 Å². The molecule has 5 aromatic rings. The standard InChI is InChI=1S/C25H24N8O3S/c26-22-21(32-36-33-22)25(35)28-10-4-3-7-18(31-24(34)20-13-27-14-37-20)23-29-12-19(30-23)17-9-8-15-5-1-2-6-16(15)11-17/h1-2,5-6,8-9,11-14,18H,3-4,7,10H2,(H2,26,33)(H,28,35)(H,29,30)(H,31,34)/t18-/m0/s1. The first-order valence-electron chi connectivity index (χ1n) is 11.7. The number of carbonyl (C=O) groups excluding carboxylic acids is 2. The van der Waals surface area contributed by atoms with Gasteiger partial charge in [0.05, 0.1) is 29.6 Å². The number of benzene rings is 2. The van der Waals surface area contributed by atoms with Gasteiger partial charge in [-0.15, -0.1) is 11.3 Å². The van der Waals surface area contributed by atoms with Crippen molar-refractivity contribution in [2.45, 2.75) is 25.3 Å². The van der Waals surface area contributed by atoms with Gasteiger partial charge in [0.15, 0.2) is 0 Å². The Balaban J connectivity index is 1.25. The number of aromatic amines is 1. The number of thiazole rings is 1. The van der Waals surface area contributed by atoms with E-state index in [9.17, 15) is 9.59 Å². The second-order valence-electron chi connectivity index (χ2n) is 8.39. The number of carbonyl (C=O) groups is 2. The zero-order chi connectivity index (χ0) is 25.6. The number of hydrogen-bond donors (Lipinski definition) is 4. The summed E-state index contributed by atoms with van der Waals surface area (Å²) in [5, 5.41) is 15.0. The van der Waals surface area contributed by atoms with Gasteiger partial charge in [-0.1, -0.05) is 36.4 Å². The normalized spacial score (nSPS) is 11.9. The number of imidazole rings is 1. The molecule has 11 nitrogen and oxygen atoms in total. The molecule has 37 heavy (non-hydrogen) atoms. The Morgan fingerprint density at radius 2 is 1.92 bits per heavy atom. The second kappa shape index (κ2) is 11.0.